The van der Waals surface area contributed by atoms with E-state index in [4.69, 9.17) is 10.5 Å². The summed E-state index contributed by atoms with van der Waals surface area (Å²) >= 11 is 0. The molecule has 32 heavy (non-hydrogen) atoms. The molecule has 2 aromatic rings. The molecule has 0 saturated carbocycles. The molecule has 0 bridgehead atoms. The van der Waals surface area contributed by atoms with Crippen molar-refractivity contribution in [2.45, 2.75) is 11.9 Å². The number of nitrogens with one attached hydrogen (secondary N) is 2. The first kappa shape index (κ1) is 23.5. The highest BCUT2D eigenvalue weighted by Gasteiger charge is 2.45. The molecule has 1 aliphatic heterocycles. The molecule has 0 aliphatic carbocycles. The monoisotopic (exact) mass is 461 g/mol. The number of methoxy groups -OCH3 is 1. The fraction of sp³-hybridized carbons (Fsp3) is 0.333. The predicted molar refractivity (Wildman–Crippen MR) is 120 cm³/mol. The average Bonchev–Trinajstić information content (AvgIpc) is 3.25. The number of nitrogens with zero attached hydrogens (tertiary/aromatic N) is 2. The maximum absolute atomic E-state index is 13.1. The third-order valence-electron chi connectivity index (χ3n) is 4.96. The van der Waals surface area contributed by atoms with Crippen LogP contribution in [0.3, 0.4) is 0 Å². The molecule has 10 nitrogen and oxygen atoms in total. The predicted octanol–water partition coefficient (Wildman–Crippen LogP) is 0.776. The number of urea groups is 1. The molecule has 1 atom stereocenters. The Morgan fingerprint density at radius 1 is 1.09 bits per heavy atom. The number of rotatable bonds is 8. The zero-order valence-electron chi connectivity index (χ0n) is 17.7. The summed E-state index contributed by atoms with van der Waals surface area (Å²) in [6.07, 6.45) is -1.31. The number of carbonyl (C=O) groups excluding carboxylic acids is 2. The Morgan fingerprint density at radius 2 is 1.78 bits per heavy atom. The Balaban J connectivity index is 1.81. The van der Waals surface area contributed by atoms with Crippen molar-refractivity contribution in [1.82, 2.24) is 14.5 Å². The highest BCUT2D eigenvalue weighted by molar-refractivity contribution is 7.88. The largest absolute Gasteiger partial charge is 0.497 e. The van der Waals surface area contributed by atoms with Crippen molar-refractivity contribution in [1.29, 1.82) is 0 Å². The topological polar surface area (TPSA) is 134 Å². The molecular weight excluding hydrogens is 434 g/mol. The van der Waals surface area contributed by atoms with E-state index in [0.29, 0.717) is 17.0 Å². The fourth-order valence-electron chi connectivity index (χ4n) is 3.41. The van der Waals surface area contributed by atoms with Crippen LogP contribution in [0, 0.1) is 0 Å². The van der Waals surface area contributed by atoms with E-state index in [2.05, 4.69) is 10.6 Å². The van der Waals surface area contributed by atoms with Crippen LogP contribution in [-0.4, -0.2) is 69.0 Å². The van der Waals surface area contributed by atoms with Crippen molar-refractivity contribution in [3.63, 3.8) is 0 Å². The molecule has 0 spiro atoms. The summed E-state index contributed by atoms with van der Waals surface area (Å²) in [5.41, 5.74) is 6.55. The maximum atomic E-state index is 13.1. The lowest BCUT2D eigenvalue weighted by Crippen LogP contribution is -2.55. The van der Waals surface area contributed by atoms with Gasteiger partial charge in [-0.25, -0.2) is 13.2 Å². The van der Waals surface area contributed by atoms with Gasteiger partial charge in [0.15, 0.2) is 6.17 Å². The summed E-state index contributed by atoms with van der Waals surface area (Å²) in [5, 5.41) is 5.30. The van der Waals surface area contributed by atoms with Gasteiger partial charge >= 0.3 is 6.03 Å². The summed E-state index contributed by atoms with van der Waals surface area (Å²) in [6, 6.07) is 14.8. The second-order valence-electron chi connectivity index (χ2n) is 7.16. The summed E-state index contributed by atoms with van der Waals surface area (Å²) in [5.74, 6) is -0.251. The first-order chi connectivity index (χ1) is 15.4. The van der Waals surface area contributed by atoms with Crippen LogP contribution in [0.25, 0.3) is 0 Å². The van der Waals surface area contributed by atoms with E-state index >= 15 is 0 Å². The molecule has 172 valence electrons. The van der Waals surface area contributed by atoms with Gasteiger partial charge in [-0.1, -0.05) is 30.3 Å². The minimum Gasteiger partial charge on any atom is -0.497 e. The van der Waals surface area contributed by atoms with Crippen LogP contribution >= 0.6 is 0 Å². The van der Waals surface area contributed by atoms with E-state index in [1.54, 1.807) is 54.6 Å². The highest BCUT2D eigenvalue weighted by Crippen LogP contribution is 2.24. The second kappa shape index (κ2) is 10.4. The minimum atomic E-state index is -3.88. The van der Waals surface area contributed by atoms with E-state index in [9.17, 15) is 18.0 Å². The van der Waals surface area contributed by atoms with E-state index in [0.717, 1.165) is 4.31 Å². The standard InChI is InChI=1S/C21H27N5O5S/c1-31-18-9-7-17(8-10-18)24-21(28)25-13-14-26(20(25)19(27)23-12-11-22)32(29,30)15-16-5-3-2-4-6-16/h2-10,20H,11-15,22H2,1H3,(H,23,27)(H,24,28). The Bertz CT molecular complexity index is 1030. The van der Waals surface area contributed by atoms with Crippen LogP contribution in [0.1, 0.15) is 5.56 Å². The number of sulfonamides is 1. The lowest BCUT2D eigenvalue weighted by molar-refractivity contribution is -0.127. The number of nitrogens with two attached hydrogens (primary N) is 1. The zero-order valence-corrected chi connectivity index (χ0v) is 18.5. The zero-order chi connectivity index (χ0) is 23.1. The van der Waals surface area contributed by atoms with Crippen molar-refractivity contribution in [3.05, 3.63) is 60.2 Å². The smallest absolute Gasteiger partial charge is 0.323 e. The second-order valence-corrected chi connectivity index (χ2v) is 9.08. The Hall–Kier alpha value is -3.15. The summed E-state index contributed by atoms with van der Waals surface area (Å²) < 4.78 is 32.4. The lowest BCUT2D eigenvalue weighted by Gasteiger charge is -2.28. The van der Waals surface area contributed by atoms with Gasteiger partial charge in [0, 0.05) is 31.9 Å². The Kier molecular flexibility index (Phi) is 7.67. The maximum Gasteiger partial charge on any atom is 0.323 e. The minimum absolute atomic E-state index is 0.00586. The van der Waals surface area contributed by atoms with Crippen molar-refractivity contribution >= 4 is 27.6 Å². The summed E-state index contributed by atoms with van der Waals surface area (Å²) in [6.45, 7) is 0.422. The van der Waals surface area contributed by atoms with Crippen molar-refractivity contribution in [2.24, 2.45) is 5.73 Å². The number of hydrogen-bond donors (Lipinski definition) is 3. The third-order valence-corrected chi connectivity index (χ3v) is 6.75. The molecule has 11 heteroatoms. The molecule has 0 aromatic heterocycles. The third kappa shape index (κ3) is 5.55. The normalized spacial score (nSPS) is 16.6. The van der Waals surface area contributed by atoms with Crippen LogP contribution in [0.15, 0.2) is 54.6 Å². The number of benzene rings is 2. The van der Waals surface area contributed by atoms with Gasteiger partial charge in [0.05, 0.1) is 12.9 Å². The van der Waals surface area contributed by atoms with Crippen LogP contribution < -0.4 is 21.1 Å². The summed E-state index contributed by atoms with van der Waals surface area (Å²) in [7, 11) is -2.34. The SMILES string of the molecule is COc1ccc(NC(=O)N2CCN(S(=O)(=O)Cc3ccccc3)C2C(=O)NCCN)cc1. The molecule has 1 unspecified atom stereocenters. The molecule has 2 aromatic carbocycles. The van der Waals surface area contributed by atoms with Gasteiger partial charge in [0.25, 0.3) is 5.91 Å². The van der Waals surface area contributed by atoms with Gasteiger partial charge in [-0.15, -0.1) is 0 Å². The molecule has 4 N–H and O–H groups in total. The van der Waals surface area contributed by atoms with Gasteiger partial charge < -0.3 is 21.1 Å². The van der Waals surface area contributed by atoms with Crippen LogP contribution in [0.5, 0.6) is 5.75 Å². The average molecular weight is 462 g/mol. The van der Waals surface area contributed by atoms with Gasteiger partial charge in [-0.05, 0) is 29.8 Å². The molecule has 1 aliphatic rings. The Labute approximate surface area is 187 Å². The molecule has 3 amide bonds. The number of carbonyl (C=O) groups is 2. The molecule has 0 radical (unpaired) electrons. The van der Waals surface area contributed by atoms with Gasteiger partial charge in [0.1, 0.15) is 5.75 Å². The summed E-state index contributed by atoms with van der Waals surface area (Å²) in [4.78, 5) is 27.0. The highest BCUT2D eigenvalue weighted by atomic mass is 32.2. The molecular formula is C21H27N5O5S. The first-order valence-electron chi connectivity index (χ1n) is 10.1. The van der Waals surface area contributed by atoms with Crippen LogP contribution in [0.4, 0.5) is 10.5 Å². The van der Waals surface area contributed by atoms with Gasteiger partial charge in [0.2, 0.25) is 10.0 Å². The Morgan fingerprint density at radius 3 is 2.41 bits per heavy atom. The fourth-order valence-corrected chi connectivity index (χ4v) is 5.06. The molecule has 3 rings (SSSR count). The van der Waals surface area contributed by atoms with Crippen LogP contribution in [-0.2, 0) is 20.6 Å². The van der Waals surface area contributed by atoms with Crippen molar-refractivity contribution < 1.29 is 22.7 Å². The molecule has 1 heterocycles. The van der Waals surface area contributed by atoms with E-state index in [-0.39, 0.29) is 31.9 Å². The number of hydrogen-bond acceptors (Lipinski definition) is 6. The number of ether oxygens (including phenoxy) is 1. The van der Waals surface area contributed by atoms with E-state index < -0.39 is 28.1 Å². The van der Waals surface area contributed by atoms with Crippen LogP contribution in [0.2, 0.25) is 0 Å². The lowest BCUT2D eigenvalue weighted by atomic mass is 10.2. The van der Waals surface area contributed by atoms with Gasteiger partial charge in [-0.3, -0.25) is 9.69 Å². The van der Waals surface area contributed by atoms with E-state index in [1.807, 2.05) is 0 Å². The quantitative estimate of drug-likeness (QED) is 0.532. The van der Waals surface area contributed by atoms with Crippen molar-refractivity contribution in [3.8, 4) is 5.75 Å². The van der Waals surface area contributed by atoms with E-state index in [1.165, 1.54) is 12.0 Å². The molecule has 1 saturated heterocycles. The first-order valence-corrected chi connectivity index (χ1v) is 11.7. The number of anilines is 1. The number of amides is 3. The van der Waals surface area contributed by atoms with Gasteiger partial charge in [-0.2, -0.15) is 4.31 Å². The molecule has 1 fully saturated rings. The van der Waals surface area contributed by atoms with Crippen molar-refractivity contribution in [2.75, 3.05) is 38.6 Å².